The number of aryl methyl sites for hydroxylation is 1. The number of phenolic OH excluding ortho intramolecular Hbond substituents is 1. The van der Waals surface area contributed by atoms with Crippen LogP contribution in [0.2, 0.25) is 0 Å². The SMILES string of the molecule is Cc1nc2nc(NC(C)c3cncc(F)c3)nc(C(=O)NCCc3ccc(O)cc3)c2s1. The number of nitrogens with one attached hydrogen (secondary N) is 2. The maximum Gasteiger partial charge on any atom is 0.271 e. The molecule has 1 amide bonds. The highest BCUT2D eigenvalue weighted by Gasteiger charge is 2.19. The largest absolute Gasteiger partial charge is 0.508 e. The molecule has 1 atom stereocenters. The second kappa shape index (κ2) is 9.23. The molecule has 4 rings (SSSR count). The molecule has 3 heterocycles. The van der Waals surface area contributed by atoms with Crippen molar-refractivity contribution in [1.29, 1.82) is 0 Å². The van der Waals surface area contributed by atoms with Crippen LogP contribution in [0.15, 0.2) is 42.7 Å². The van der Waals surface area contributed by atoms with Gasteiger partial charge in [-0.15, -0.1) is 11.3 Å². The molecule has 0 spiro atoms. The fourth-order valence-corrected chi connectivity index (χ4v) is 4.00. The topological polar surface area (TPSA) is 113 Å². The van der Waals surface area contributed by atoms with Crippen LogP contribution in [0.3, 0.4) is 0 Å². The first-order valence-corrected chi connectivity index (χ1v) is 10.8. The van der Waals surface area contributed by atoms with Gasteiger partial charge in [0, 0.05) is 12.7 Å². The number of halogens is 1. The zero-order chi connectivity index (χ0) is 22.7. The fraction of sp³-hybridized carbons (Fsp3) is 0.227. The molecule has 1 unspecified atom stereocenters. The smallest absolute Gasteiger partial charge is 0.271 e. The third kappa shape index (κ3) is 4.97. The van der Waals surface area contributed by atoms with Crippen LogP contribution in [0.25, 0.3) is 10.3 Å². The van der Waals surface area contributed by atoms with Crippen LogP contribution in [0.5, 0.6) is 5.75 Å². The van der Waals surface area contributed by atoms with Gasteiger partial charge in [-0.05, 0) is 49.6 Å². The first kappa shape index (κ1) is 21.6. The number of phenols is 1. The highest BCUT2D eigenvalue weighted by Crippen LogP contribution is 2.26. The number of thiazole rings is 1. The molecule has 0 aliphatic rings. The normalized spacial score (nSPS) is 12.0. The number of carbonyl (C=O) groups excluding carboxylic acids is 1. The van der Waals surface area contributed by atoms with Crippen LogP contribution in [0, 0.1) is 12.7 Å². The molecule has 0 fully saturated rings. The monoisotopic (exact) mass is 452 g/mol. The number of nitrogens with zero attached hydrogens (tertiary/aromatic N) is 4. The first-order valence-electron chi connectivity index (χ1n) is 9.97. The lowest BCUT2D eigenvalue weighted by Gasteiger charge is -2.14. The predicted molar refractivity (Wildman–Crippen MR) is 120 cm³/mol. The average Bonchev–Trinajstić information content (AvgIpc) is 3.14. The van der Waals surface area contributed by atoms with Gasteiger partial charge in [0.25, 0.3) is 5.91 Å². The number of pyridine rings is 1. The Morgan fingerprint density at radius 2 is 1.97 bits per heavy atom. The summed E-state index contributed by atoms with van der Waals surface area (Å²) in [6, 6.07) is 7.88. The van der Waals surface area contributed by atoms with Crippen LogP contribution >= 0.6 is 11.3 Å². The van der Waals surface area contributed by atoms with E-state index < -0.39 is 5.82 Å². The molecule has 164 valence electrons. The van der Waals surface area contributed by atoms with Crippen molar-refractivity contribution in [2.75, 3.05) is 11.9 Å². The van der Waals surface area contributed by atoms with Crippen molar-refractivity contribution in [2.24, 2.45) is 0 Å². The molecule has 1 aromatic carbocycles. The van der Waals surface area contributed by atoms with Crippen molar-refractivity contribution in [3.8, 4) is 5.75 Å². The lowest BCUT2D eigenvalue weighted by Crippen LogP contribution is -2.27. The van der Waals surface area contributed by atoms with Crippen molar-refractivity contribution in [1.82, 2.24) is 25.3 Å². The van der Waals surface area contributed by atoms with Gasteiger partial charge in [0.15, 0.2) is 11.3 Å². The third-order valence-electron chi connectivity index (χ3n) is 4.78. The summed E-state index contributed by atoms with van der Waals surface area (Å²) in [6.07, 6.45) is 3.30. The molecule has 0 aliphatic carbocycles. The minimum Gasteiger partial charge on any atom is -0.508 e. The molecular weight excluding hydrogens is 431 g/mol. The third-order valence-corrected chi connectivity index (χ3v) is 5.75. The molecule has 32 heavy (non-hydrogen) atoms. The van der Waals surface area contributed by atoms with Crippen LogP contribution < -0.4 is 10.6 Å². The Kier molecular flexibility index (Phi) is 6.22. The highest BCUT2D eigenvalue weighted by atomic mass is 32.1. The molecule has 0 aliphatic heterocycles. The Balaban J connectivity index is 1.53. The summed E-state index contributed by atoms with van der Waals surface area (Å²) >= 11 is 1.35. The number of hydrogen-bond donors (Lipinski definition) is 3. The first-order chi connectivity index (χ1) is 15.4. The minimum absolute atomic E-state index is 0.199. The molecular formula is C22H21FN6O2S. The van der Waals surface area contributed by atoms with E-state index in [9.17, 15) is 14.3 Å². The van der Waals surface area contributed by atoms with E-state index in [2.05, 4.69) is 30.6 Å². The summed E-state index contributed by atoms with van der Waals surface area (Å²) in [4.78, 5) is 30.0. The van der Waals surface area contributed by atoms with Crippen LogP contribution in [0.1, 0.15) is 39.6 Å². The van der Waals surface area contributed by atoms with Gasteiger partial charge in [0.2, 0.25) is 5.95 Å². The van der Waals surface area contributed by atoms with E-state index >= 15 is 0 Å². The number of anilines is 1. The van der Waals surface area contributed by atoms with E-state index in [1.807, 2.05) is 26.0 Å². The Morgan fingerprint density at radius 1 is 1.19 bits per heavy atom. The average molecular weight is 453 g/mol. The maximum absolute atomic E-state index is 13.5. The number of aromatic hydroxyl groups is 1. The number of benzene rings is 1. The molecule has 8 nitrogen and oxygen atoms in total. The molecule has 0 bridgehead atoms. The van der Waals surface area contributed by atoms with Gasteiger partial charge in [0.1, 0.15) is 16.3 Å². The summed E-state index contributed by atoms with van der Waals surface area (Å²) in [5.41, 5.74) is 2.28. The maximum atomic E-state index is 13.5. The summed E-state index contributed by atoms with van der Waals surface area (Å²) in [5, 5.41) is 16.1. The summed E-state index contributed by atoms with van der Waals surface area (Å²) in [5.74, 6) is -0.340. The summed E-state index contributed by atoms with van der Waals surface area (Å²) in [7, 11) is 0. The molecule has 4 aromatic rings. The molecule has 3 aromatic heterocycles. The summed E-state index contributed by atoms with van der Waals surface area (Å²) < 4.78 is 14.1. The van der Waals surface area contributed by atoms with Gasteiger partial charge >= 0.3 is 0 Å². The molecule has 0 radical (unpaired) electrons. The Labute approximate surface area is 187 Å². The molecule has 3 N–H and O–H groups in total. The second-order valence-corrected chi connectivity index (χ2v) is 8.46. The minimum atomic E-state index is -0.434. The molecule has 10 heteroatoms. The summed E-state index contributed by atoms with van der Waals surface area (Å²) in [6.45, 7) is 4.07. The number of rotatable bonds is 7. The quantitative estimate of drug-likeness (QED) is 0.391. The lowest BCUT2D eigenvalue weighted by atomic mass is 10.1. The second-order valence-electron chi connectivity index (χ2n) is 7.26. The van der Waals surface area contributed by atoms with Gasteiger partial charge in [-0.25, -0.2) is 14.4 Å². The van der Waals surface area contributed by atoms with Gasteiger partial charge < -0.3 is 15.7 Å². The zero-order valence-electron chi connectivity index (χ0n) is 17.5. The van der Waals surface area contributed by atoms with Crippen molar-refractivity contribution >= 4 is 33.5 Å². The van der Waals surface area contributed by atoms with Gasteiger partial charge in [-0.3, -0.25) is 9.78 Å². The number of amides is 1. The van der Waals surface area contributed by atoms with E-state index in [0.29, 0.717) is 28.9 Å². The molecule has 0 saturated carbocycles. The van der Waals surface area contributed by atoms with E-state index in [1.54, 1.807) is 18.3 Å². The van der Waals surface area contributed by atoms with Gasteiger partial charge in [-0.2, -0.15) is 4.98 Å². The van der Waals surface area contributed by atoms with E-state index in [4.69, 9.17) is 0 Å². The number of hydrogen-bond acceptors (Lipinski definition) is 8. The lowest BCUT2D eigenvalue weighted by molar-refractivity contribution is 0.0951. The van der Waals surface area contributed by atoms with Crippen molar-refractivity contribution in [2.45, 2.75) is 26.3 Å². The van der Waals surface area contributed by atoms with Crippen molar-refractivity contribution < 1.29 is 14.3 Å². The Hall–Kier alpha value is -3.66. The van der Waals surface area contributed by atoms with Gasteiger partial charge in [-0.1, -0.05) is 12.1 Å². The highest BCUT2D eigenvalue weighted by molar-refractivity contribution is 7.18. The standard InChI is InChI=1S/C22H21FN6O2S/c1-12(15-9-16(23)11-24-10-15)26-22-28-18(19-20(29-22)27-13(2)32-19)21(31)25-8-7-14-3-5-17(30)6-4-14/h3-6,9-12,30H,7-8H2,1-2H3,(H,25,31)(H,26,28,29). The predicted octanol–water partition coefficient (Wildman–Crippen LogP) is 3.78. The van der Waals surface area contributed by atoms with E-state index in [1.165, 1.54) is 17.4 Å². The Morgan fingerprint density at radius 3 is 2.72 bits per heavy atom. The van der Waals surface area contributed by atoms with Crippen LogP contribution in [-0.2, 0) is 6.42 Å². The van der Waals surface area contributed by atoms with Crippen molar-refractivity contribution in [3.05, 3.63) is 70.4 Å². The van der Waals surface area contributed by atoms with Gasteiger partial charge in [0.05, 0.1) is 17.2 Å². The van der Waals surface area contributed by atoms with E-state index in [0.717, 1.165) is 16.8 Å². The number of carbonyl (C=O) groups is 1. The van der Waals surface area contributed by atoms with Crippen molar-refractivity contribution in [3.63, 3.8) is 0 Å². The van der Waals surface area contributed by atoms with Crippen LogP contribution in [0.4, 0.5) is 10.3 Å². The van der Waals surface area contributed by atoms with Crippen LogP contribution in [-0.4, -0.2) is 37.5 Å². The number of fused-ring (bicyclic) bond motifs is 1. The fourth-order valence-electron chi connectivity index (χ4n) is 3.16. The Bertz CT molecular complexity index is 1260. The zero-order valence-corrected chi connectivity index (χ0v) is 18.3. The molecule has 0 saturated heterocycles. The number of aromatic nitrogens is 4. The van der Waals surface area contributed by atoms with E-state index in [-0.39, 0.29) is 29.3 Å².